The molecule has 0 bridgehead atoms. The normalized spacial score (nSPS) is 12.5. The lowest BCUT2D eigenvalue weighted by atomic mass is 9.98. The Hall–Kier alpha value is -5.24. The van der Waals surface area contributed by atoms with Gasteiger partial charge in [-0.1, -0.05) is 54.6 Å². The van der Waals surface area contributed by atoms with Crippen molar-refractivity contribution >= 4 is 35.0 Å². The van der Waals surface area contributed by atoms with Gasteiger partial charge in [-0.3, -0.25) is 19.7 Å². The molecule has 1 aliphatic heterocycles. The van der Waals surface area contributed by atoms with Crippen molar-refractivity contribution in [1.29, 1.82) is 0 Å². The van der Waals surface area contributed by atoms with Crippen molar-refractivity contribution in [3.63, 3.8) is 0 Å². The zero-order valence-electron chi connectivity index (χ0n) is 22.5. The van der Waals surface area contributed by atoms with Gasteiger partial charge in [-0.25, -0.2) is 0 Å². The predicted molar refractivity (Wildman–Crippen MR) is 161 cm³/mol. The number of carbonyl (C=O) groups excluding carboxylic acids is 2. The fourth-order valence-electron chi connectivity index (χ4n) is 4.90. The smallest absolute Gasteiger partial charge is 0.269 e. The average molecular weight is 547 g/mol. The maximum atomic E-state index is 13.5. The van der Waals surface area contributed by atoms with Crippen molar-refractivity contribution in [2.75, 3.05) is 23.3 Å². The molecule has 0 unspecified atom stereocenters. The number of nitro benzene ring substituents is 1. The van der Waals surface area contributed by atoms with Crippen molar-refractivity contribution in [1.82, 2.24) is 5.32 Å². The van der Waals surface area contributed by atoms with Gasteiger partial charge in [0.05, 0.1) is 10.5 Å². The molecule has 2 N–H and O–H groups in total. The highest BCUT2D eigenvalue weighted by molar-refractivity contribution is 6.05. The molecule has 2 amide bonds. The monoisotopic (exact) mass is 546 g/mol. The highest BCUT2D eigenvalue weighted by Gasteiger charge is 2.22. The Morgan fingerprint density at radius 2 is 1.63 bits per heavy atom. The standard InChI is InChI=1S/C33H30N4O4/c38-32(17-12-25-10-14-29(15-11-25)37(40)41)35-28-13-16-31(36-21-19-26-8-4-5-9-27(26)23-36)30(22-28)33(39)34-20-18-24-6-2-1-3-7-24/h1-17,22H,18-21,23H2,(H,34,39)(H,35,38)/b17-12+. The number of benzene rings is 4. The van der Waals surface area contributed by atoms with Crippen LogP contribution in [0.15, 0.2) is 103 Å². The minimum Gasteiger partial charge on any atom is -0.366 e. The Labute approximate surface area is 238 Å². The third-order valence-electron chi connectivity index (χ3n) is 7.05. The summed E-state index contributed by atoms with van der Waals surface area (Å²) in [6.07, 6.45) is 4.53. The summed E-state index contributed by atoms with van der Waals surface area (Å²) in [4.78, 5) is 38.7. The van der Waals surface area contributed by atoms with E-state index in [1.807, 2.05) is 48.5 Å². The molecular weight excluding hydrogens is 516 g/mol. The molecule has 0 aliphatic carbocycles. The van der Waals surface area contributed by atoms with Crippen LogP contribution in [0.25, 0.3) is 6.08 Å². The lowest BCUT2D eigenvalue weighted by molar-refractivity contribution is -0.384. The van der Waals surface area contributed by atoms with E-state index in [4.69, 9.17) is 0 Å². The number of non-ortho nitro benzene ring substituents is 1. The van der Waals surface area contributed by atoms with Crippen LogP contribution in [0.4, 0.5) is 17.1 Å². The van der Waals surface area contributed by atoms with Crippen molar-refractivity contribution in [3.05, 3.63) is 141 Å². The van der Waals surface area contributed by atoms with Crippen molar-refractivity contribution in [3.8, 4) is 0 Å². The summed E-state index contributed by atoms with van der Waals surface area (Å²) < 4.78 is 0. The van der Waals surface area contributed by atoms with E-state index in [9.17, 15) is 19.7 Å². The molecule has 1 aliphatic rings. The van der Waals surface area contributed by atoms with E-state index in [0.717, 1.165) is 24.2 Å². The first kappa shape index (κ1) is 27.3. The van der Waals surface area contributed by atoms with E-state index in [2.05, 4.69) is 27.7 Å². The van der Waals surface area contributed by atoms with E-state index >= 15 is 0 Å². The molecule has 0 saturated heterocycles. The minimum absolute atomic E-state index is 0.0153. The molecule has 0 atom stereocenters. The van der Waals surface area contributed by atoms with Gasteiger partial charge in [0.2, 0.25) is 5.91 Å². The van der Waals surface area contributed by atoms with Gasteiger partial charge in [-0.05, 0) is 71.5 Å². The van der Waals surface area contributed by atoms with Crippen LogP contribution in [0.1, 0.15) is 32.6 Å². The first-order chi connectivity index (χ1) is 20.0. The van der Waals surface area contributed by atoms with E-state index in [-0.39, 0.29) is 17.5 Å². The summed E-state index contributed by atoms with van der Waals surface area (Å²) in [6.45, 7) is 1.97. The summed E-state index contributed by atoms with van der Waals surface area (Å²) in [7, 11) is 0. The van der Waals surface area contributed by atoms with Crippen LogP contribution >= 0.6 is 0 Å². The zero-order valence-corrected chi connectivity index (χ0v) is 22.5. The predicted octanol–water partition coefficient (Wildman–Crippen LogP) is 5.78. The molecule has 5 rings (SSSR count). The number of anilines is 2. The number of nitrogens with one attached hydrogen (secondary N) is 2. The number of hydrogen-bond donors (Lipinski definition) is 2. The molecule has 8 nitrogen and oxygen atoms in total. The lowest BCUT2D eigenvalue weighted by Crippen LogP contribution is -2.33. The van der Waals surface area contributed by atoms with Gasteiger partial charge in [-0.2, -0.15) is 0 Å². The lowest BCUT2D eigenvalue weighted by Gasteiger charge is -2.32. The molecule has 4 aromatic rings. The van der Waals surface area contributed by atoms with Crippen LogP contribution in [0.5, 0.6) is 0 Å². The number of nitro groups is 1. The number of amides is 2. The first-order valence-electron chi connectivity index (χ1n) is 13.5. The Bertz CT molecular complexity index is 1580. The number of carbonyl (C=O) groups is 2. The van der Waals surface area contributed by atoms with Crippen LogP contribution in [-0.4, -0.2) is 29.8 Å². The second-order valence-electron chi connectivity index (χ2n) is 9.83. The summed E-state index contributed by atoms with van der Waals surface area (Å²) in [5, 5.41) is 16.7. The SMILES string of the molecule is O=C(/C=C/c1ccc([N+](=O)[O-])cc1)Nc1ccc(N2CCc3ccccc3C2)c(C(=O)NCCc2ccccc2)c1. The molecule has 8 heteroatoms. The quantitative estimate of drug-likeness (QED) is 0.157. The molecule has 0 radical (unpaired) electrons. The Balaban J connectivity index is 1.33. The zero-order chi connectivity index (χ0) is 28.6. The molecule has 1 heterocycles. The summed E-state index contributed by atoms with van der Waals surface area (Å²) >= 11 is 0. The van der Waals surface area contributed by atoms with Crippen LogP contribution in [0.2, 0.25) is 0 Å². The molecule has 206 valence electrons. The topological polar surface area (TPSA) is 105 Å². The van der Waals surface area contributed by atoms with Crippen LogP contribution in [0, 0.1) is 10.1 Å². The third-order valence-corrected chi connectivity index (χ3v) is 7.05. The molecule has 0 spiro atoms. The minimum atomic E-state index is -0.470. The Morgan fingerprint density at radius 3 is 2.39 bits per heavy atom. The van der Waals surface area contributed by atoms with Crippen LogP contribution in [0.3, 0.4) is 0 Å². The Kier molecular flexibility index (Phi) is 8.49. The van der Waals surface area contributed by atoms with E-state index < -0.39 is 4.92 Å². The average Bonchev–Trinajstić information content (AvgIpc) is 3.00. The maximum Gasteiger partial charge on any atom is 0.269 e. The van der Waals surface area contributed by atoms with Crippen molar-refractivity contribution < 1.29 is 14.5 Å². The maximum absolute atomic E-state index is 13.5. The van der Waals surface area contributed by atoms with Gasteiger partial charge >= 0.3 is 0 Å². The number of nitrogens with zero attached hydrogens (tertiary/aromatic N) is 2. The molecule has 0 saturated carbocycles. The fraction of sp³-hybridized carbons (Fsp3) is 0.152. The summed E-state index contributed by atoms with van der Waals surface area (Å²) in [5.74, 6) is -0.578. The van der Waals surface area contributed by atoms with E-state index in [1.54, 1.807) is 30.3 Å². The van der Waals surface area contributed by atoms with Gasteiger partial charge in [0.1, 0.15) is 0 Å². The largest absolute Gasteiger partial charge is 0.366 e. The summed E-state index contributed by atoms with van der Waals surface area (Å²) in [6, 6.07) is 29.6. The molecular formula is C33H30N4O4. The van der Waals surface area contributed by atoms with Crippen LogP contribution in [-0.2, 0) is 24.2 Å². The number of rotatable bonds is 9. The molecule has 0 fully saturated rings. The third kappa shape index (κ3) is 7.05. The van der Waals surface area contributed by atoms with Crippen molar-refractivity contribution in [2.24, 2.45) is 0 Å². The second kappa shape index (κ2) is 12.7. The van der Waals surface area contributed by atoms with Gasteiger partial charge in [-0.15, -0.1) is 0 Å². The van der Waals surface area contributed by atoms with Gasteiger partial charge in [0.25, 0.3) is 11.6 Å². The van der Waals surface area contributed by atoms with Crippen molar-refractivity contribution in [2.45, 2.75) is 19.4 Å². The molecule has 0 aromatic heterocycles. The molecule has 4 aromatic carbocycles. The fourth-order valence-corrected chi connectivity index (χ4v) is 4.90. The van der Waals surface area contributed by atoms with Crippen LogP contribution < -0.4 is 15.5 Å². The first-order valence-corrected chi connectivity index (χ1v) is 13.5. The van der Waals surface area contributed by atoms with Gasteiger partial charge in [0.15, 0.2) is 0 Å². The van der Waals surface area contributed by atoms with E-state index in [1.165, 1.54) is 29.3 Å². The highest BCUT2D eigenvalue weighted by Crippen LogP contribution is 2.29. The summed E-state index contributed by atoms with van der Waals surface area (Å²) in [5.41, 5.74) is 6.15. The molecule has 41 heavy (non-hydrogen) atoms. The second-order valence-corrected chi connectivity index (χ2v) is 9.83. The highest BCUT2D eigenvalue weighted by atomic mass is 16.6. The number of fused-ring (bicyclic) bond motifs is 1. The van der Waals surface area contributed by atoms with Gasteiger partial charge in [0, 0.05) is 49.2 Å². The Morgan fingerprint density at radius 1 is 0.902 bits per heavy atom. The van der Waals surface area contributed by atoms with E-state index in [0.29, 0.717) is 36.3 Å². The number of hydrogen-bond acceptors (Lipinski definition) is 5. The van der Waals surface area contributed by atoms with Gasteiger partial charge < -0.3 is 15.5 Å².